The van der Waals surface area contributed by atoms with Gasteiger partial charge in [-0.1, -0.05) is 18.2 Å². The van der Waals surface area contributed by atoms with Crippen LogP contribution >= 0.6 is 0 Å². The van der Waals surface area contributed by atoms with E-state index in [9.17, 15) is 9.59 Å². The highest BCUT2D eigenvalue weighted by atomic mass is 16.5. The second kappa shape index (κ2) is 5.78. The van der Waals surface area contributed by atoms with Gasteiger partial charge >= 0.3 is 5.97 Å². The monoisotopic (exact) mass is 325 g/mol. The molecule has 124 valence electrons. The van der Waals surface area contributed by atoms with Crippen molar-refractivity contribution in [2.24, 2.45) is 0 Å². The van der Waals surface area contributed by atoms with Crippen LogP contribution < -0.4 is 5.32 Å². The number of imidazole rings is 1. The first-order valence-corrected chi connectivity index (χ1v) is 8.22. The Balaban J connectivity index is 1.43. The molecule has 0 saturated heterocycles. The van der Waals surface area contributed by atoms with Crippen molar-refractivity contribution in [3.8, 4) is 0 Å². The lowest BCUT2D eigenvalue weighted by atomic mass is 9.98. The topological polar surface area (TPSA) is 73.2 Å². The number of aromatic nitrogens is 2. The largest absolute Gasteiger partial charge is 0.448 e. The van der Waals surface area contributed by atoms with Crippen LogP contribution in [-0.4, -0.2) is 33.6 Å². The molecule has 3 heterocycles. The molecule has 2 aromatic rings. The van der Waals surface area contributed by atoms with E-state index >= 15 is 0 Å². The summed E-state index contributed by atoms with van der Waals surface area (Å²) in [7, 11) is 0. The zero-order valence-corrected chi connectivity index (χ0v) is 13.5. The number of nitrogens with zero attached hydrogens (tertiary/aromatic N) is 2. The molecule has 24 heavy (non-hydrogen) atoms. The number of nitrogens with one attached hydrogen (secondary N) is 1. The van der Waals surface area contributed by atoms with Crippen LogP contribution in [0.25, 0.3) is 0 Å². The number of carbonyl (C=O) groups excluding carboxylic acids is 2. The molecule has 6 heteroatoms. The van der Waals surface area contributed by atoms with Crippen molar-refractivity contribution in [2.75, 3.05) is 0 Å². The van der Waals surface area contributed by atoms with E-state index in [0.717, 1.165) is 29.9 Å². The third-order valence-corrected chi connectivity index (χ3v) is 4.64. The smallest absolute Gasteiger partial charge is 0.339 e. The van der Waals surface area contributed by atoms with Crippen LogP contribution in [-0.2, 0) is 28.9 Å². The van der Waals surface area contributed by atoms with E-state index in [2.05, 4.69) is 14.9 Å². The highest BCUT2D eigenvalue weighted by molar-refractivity contribution is 5.95. The Bertz CT molecular complexity index is 812. The van der Waals surface area contributed by atoms with E-state index < -0.39 is 12.1 Å². The van der Waals surface area contributed by atoms with Crippen LogP contribution in [0.1, 0.15) is 33.9 Å². The molecule has 0 saturated carbocycles. The molecule has 2 aliphatic heterocycles. The maximum atomic E-state index is 12.5. The van der Waals surface area contributed by atoms with Gasteiger partial charge in [0.15, 0.2) is 6.10 Å². The third kappa shape index (κ3) is 2.68. The van der Waals surface area contributed by atoms with Gasteiger partial charge in [-0.25, -0.2) is 9.78 Å². The summed E-state index contributed by atoms with van der Waals surface area (Å²) in [5.74, 6) is 0.423. The molecular formula is C18H19N3O3. The average molecular weight is 325 g/mol. The van der Waals surface area contributed by atoms with Gasteiger partial charge in [-0.2, -0.15) is 0 Å². The molecule has 4 rings (SSSR count). The van der Waals surface area contributed by atoms with Crippen LogP contribution in [0.3, 0.4) is 0 Å². The Labute approximate surface area is 139 Å². The van der Waals surface area contributed by atoms with Gasteiger partial charge in [-0.3, -0.25) is 4.79 Å². The summed E-state index contributed by atoms with van der Waals surface area (Å²) >= 11 is 0. The highest BCUT2D eigenvalue weighted by Crippen LogP contribution is 2.21. The Morgan fingerprint density at radius 2 is 2.21 bits per heavy atom. The van der Waals surface area contributed by atoms with Gasteiger partial charge in [0.25, 0.3) is 5.91 Å². The van der Waals surface area contributed by atoms with Crippen LogP contribution in [0.4, 0.5) is 0 Å². The van der Waals surface area contributed by atoms with Crippen LogP contribution in [0.2, 0.25) is 0 Å². The van der Waals surface area contributed by atoms with E-state index in [1.54, 1.807) is 12.1 Å². The van der Waals surface area contributed by atoms with Crippen molar-refractivity contribution < 1.29 is 14.3 Å². The SMILES string of the molecule is Cc1cn2c(n1)CC[C@@H](NC(=O)[C@@H]1Cc3ccccc3C(=O)O1)C2. The van der Waals surface area contributed by atoms with Gasteiger partial charge < -0.3 is 14.6 Å². The maximum absolute atomic E-state index is 12.5. The lowest BCUT2D eigenvalue weighted by molar-refractivity contribution is -0.131. The zero-order chi connectivity index (χ0) is 16.7. The Kier molecular flexibility index (Phi) is 3.59. The first-order chi connectivity index (χ1) is 11.6. The van der Waals surface area contributed by atoms with Gasteiger partial charge in [0, 0.05) is 31.6 Å². The van der Waals surface area contributed by atoms with E-state index in [-0.39, 0.29) is 11.9 Å². The fourth-order valence-corrected chi connectivity index (χ4v) is 3.48. The predicted octanol–water partition coefficient (Wildman–Crippen LogP) is 1.40. The molecule has 0 radical (unpaired) electrons. The Morgan fingerprint density at radius 3 is 3.08 bits per heavy atom. The molecule has 2 atom stereocenters. The van der Waals surface area contributed by atoms with E-state index in [1.165, 1.54) is 0 Å². The molecule has 1 aromatic heterocycles. The molecule has 0 spiro atoms. The quantitative estimate of drug-likeness (QED) is 0.847. The zero-order valence-electron chi connectivity index (χ0n) is 13.5. The van der Waals surface area contributed by atoms with E-state index in [4.69, 9.17) is 4.74 Å². The molecular weight excluding hydrogens is 306 g/mol. The summed E-state index contributed by atoms with van der Waals surface area (Å²) in [6, 6.07) is 7.31. The second-order valence-electron chi connectivity index (χ2n) is 6.45. The van der Waals surface area contributed by atoms with Gasteiger partial charge in [0.2, 0.25) is 0 Å². The van der Waals surface area contributed by atoms with Crippen molar-refractivity contribution in [2.45, 2.75) is 44.9 Å². The van der Waals surface area contributed by atoms with Crippen LogP contribution in [0.5, 0.6) is 0 Å². The number of amides is 1. The molecule has 6 nitrogen and oxygen atoms in total. The second-order valence-corrected chi connectivity index (χ2v) is 6.45. The summed E-state index contributed by atoms with van der Waals surface area (Å²) in [4.78, 5) is 29.0. The lowest BCUT2D eigenvalue weighted by Crippen LogP contribution is -2.48. The summed E-state index contributed by atoms with van der Waals surface area (Å²) in [6.45, 7) is 2.68. The molecule has 1 N–H and O–H groups in total. The predicted molar refractivity (Wildman–Crippen MR) is 86.6 cm³/mol. The standard InChI is InChI=1S/C18H19N3O3/c1-11-9-21-10-13(6-7-16(21)19-11)20-17(22)15-8-12-4-2-3-5-14(12)18(23)24-15/h2-5,9,13,15H,6-8,10H2,1H3,(H,20,22)/t13-,15+/m1/s1. The minimum absolute atomic E-state index is 0.0365. The number of hydrogen-bond donors (Lipinski definition) is 1. The first-order valence-electron chi connectivity index (χ1n) is 8.22. The van der Waals surface area contributed by atoms with Crippen LogP contribution in [0.15, 0.2) is 30.5 Å². The summed E-state index contributed by atoms with van der Waals surface area (Å²) in [6.07, 6.45) is 3.37. The lowest BCUT2D eigenvalue weighted by Gasteiger charge is -2.28. The summed E-state index contributed by atoms with van der Waals surface area (Å²) in [5, 5.41) is 3.03. The van der Waals surface area contributed by atoms with E-state index in [1.807, 2.05) is 25.3 Å². The van der Waals surface area contributed by atoms with Crippen molar-refractivity contribution in [3.63, 3.8) is 0 Å². The number of rotatable bonds is 2. The number of fused-ring (bicyclic) bond motifs is 2. The number of ether oxygens (including phenoxy) is 1. The Morgan fingerprint density at radius 1 is 1.38 bits per heavy atom. The maximum Gasteiger partial charge on any atom is 0.339 e. The molecule has 1 amide bonds. The average Bonchev–Trinajstić information content (AvgIpc) is 2.94. The van der Waals surface area contributed by atoms with Crippen molar-refractivity contribution >= 4 is 11.9 Å². The minimum atomic E-state index is -0.752. The summed E-state index contributed by atoms with van der Waals surface area (Å²) in [5.41, 5.74) is 2.41. The minimum Gasteiger partial charge on any atom is -0.448 e. The van der Waals surface area contributed by atoms with E-state index in [0.29, 0.717) is 18.5 Å². The van der Waals surface area contributed by atoms with Crippen molar-refractivity contribution in [1.29, 1.82) is 0 Å². The van der Waals surface area contributed by atoms with Gasteiger partial charge in [-0.15, -0.1) is 0 Å². The normalized spacial score (nSPS) is 22.3. The molecule has 0 fully saturated rings. The number of cyclic esters (lactones) is 1. The third-order valence-electron chi connectivity index (χ3n) is 4.64. The van der Waals surface area contributed by atoms with Crippen LogP contribution in [0, 0.1) is 6.92 Å². The Hall–Kier alpha value is -2.63. The van der Waals surface area contributed by atoms with Crippen molar-refractivity contribution in [3.05, 3.63) is 53.1 Å². The number of carbonyl (C=O) groups is 2. The molecule has 0 aliphatic carbocycles. The number of benzene rings is 1. The molecule has 1 aromatic carbocycles. The number of esters is 1. The highest BCUT2D eigenvalue weighted by Gasteiger charge is 2.32. The van der Waals surface area contributed by atoms with Gasteiger partial charge in [0.05, 0.1) is 11.3 Å². The van der Waals surface area contributed by atoms with Gasteiger partial charge in [0.1, 0.15) is 5.82 Å². The first kappa shape index (κ1) is 14.9. The molecule has 2 aliphatic rings. The number of hydrogen-bond acceptors (Lipinski definition) is 4. The molecule has 0 unspecified atom stereocenters. The van der Waals surface area contributed by atoms with Gasteiger partial charge in [-0.05, 0) is 25.0 Å². The summed E-state index contributed by atoms with van der Waals surface area (Å²) < 4.78 is 7.41. The molecule has 0 bridgehead atoms. The fraction of sp³-hybridized carbons (Fsp3) is 0.389. The fourth-order valence-electron chi connectivity index (χ4n) is 3.48. The van der Waals surface area contributed by atoms with Crippen molar-refractivity contribution in [1.82, 2.24) is 14.9 Å². The number of aryl methyl sites for hydroxylation is 2.